The van der Waals surface area contributed by atoms with Gasteiger partial charge in [0.1, 0.15) is 0 Å². The van der Waals surface area contributed by atoms with E-state index < -0.39 is 4.92 Å². The van der Waals surface area contributed by atoms with Gasteiger partial charge in [-0.05, 0) is 30.5 Å². The van der Waals surface area contributed by atoms with Crippen LogP contribution in [0.5, 0.6) is 5.75 Å². The summed E-state index contributed by atoms with van der Waals surface area (Å²) in [7, 11) is 0. The summed E-state index contributed by atoms with van der Waals surface area (Å²) in [6.45, 7) is 4.10. The van der Waals surface area contributed by atoms with Gasteiger partial charge in [0.2, 0.25) is 0 Å². The Bertz CT molecular complexity index is 810. The molecule has 3 rings (SSSR count). The second-order valence-corrected chi connectivity index (χ2v) is 6.79. The zero-order chi connectivity index (χ0) is 19.2. The van der Waals surface area contributed by atoms with Crippen LogP contribution < -0.4 is 10.1 Å². The van der Waals surface area contributed by atoms with Crippen molar-refractivity contribution in [2.45, 2.75) is 25.9 Å². The number of ether oxygens (including phenoxy) is 1. The summed E-state index contributed by atoms with van der Waals surface area (Å²) in [4.78, 5) is 25.1. The third-order valence-corrected chi connectivity index (χ3v) is 4.56. The Morgan fingerprint density at radius 2 is 2.07 bits per heavy atom. The molecule has 1 fully saturated rings. The van der Waals surface area contributed by atoms with Crippen molar-refractivity contribution in [3.05, 3.63) is 69.8 Å². The summed E-state index contributed by atoms with van der Waals surface area (Å²) in [6.07, 6.45) is 0.878. The van der Waals surface area contributed by atoms with Gasteiger partial charge in [-0.15, -0.1) is 0 Å². The minimum absolute atomic E-state index is 0.0674. The number of carbonyl (C=O) groups excluding carboxylic acids is 1. The minimum Gasteiger partial charge on any atom is -0.477 e. The van der Waals surface area contributed by atoms with Crippen LogP contribution in [0.1, 0.15) is 17.5 Å². The van der Waals surface area contributed by atoms with Crippen LogP contribution in [0.3, 0.4) is 0 Å². The number of likely N-dealkylation sites (tertiary alicyclic amines) is 1. The molecule has 0 aliphatic carbocycles. The summed E-state index contributed by atoms with van der Waals surface area (Å²) in [5.41, 5.74) is 1.89. The van der Waals surface area contributed by atoms with E-state index in [1.54, 1.807) is 13.0 Å². The van der Waals surface area contributed by atoms with E-state index in [9.17, 15) is 14.9 Å². The van der Waals surface area contributed by atoms with Gasteiger partial charge in [-0.3, -0.25) is 19.8 Å². The highest BCUT2D eigenvalue weighted by atomic mass is 16.6. The molecular formula is C20H23N3O4. The maximum Gasteiger partial charge on any atom is 0.311 e. The second-order valence-electron chi connectivity index (χ2n) is 6.79. The summed E-state index contributed by atoms with van der Waals surface area (Å²) < 4.78 is 5.38. The number of rotatable bonds is 7. The van der Waals surface area contributed by atoms with E-state index >= 15 is 0 Å². The summed E-state index contributed by atoms with van der Waals surface area (Å²) >= 11 is 0. The van der Waals surface area contributed by atoms with Crippen LogP contribution in [0, 0.1) is 17.0 Å². The van der Waals surface area contributed by atoms with E-state index in [1.165, 1.54) is 17.7 Å². The topological polar surface area (TPSA) is 84.7 Å². The van der Waals surface area contributed by atoms with Crippen LogP contribution in [0.2, 0.25) is 0 Å². The van der Waals surface area contributed by atoms with Gasteiger partial charge < -0.3 is 10.1 Å². The van der Waals surface area contributed by atoms with Gasteiger partial charge >= 0.3 is 5.69 Å². The van der Waals surface area contributed by atoms with Crippen molar-refractivity contribution < 1.29 is 14.5 Å². The number of nitrogens with zero attached hydrogens (tertiary/aromatic N) is 2. The highest BCUT2D eigenvalue weighted by Crippen LogP contribution is 2.27. The Balaban J connectivity index is 1.47. The quantitative estimate of drug-likeness (QED) is 0.599. The molecule has 0 spiro atoms. The van der Waals surface area contributed by atoms with Gasteiger partial charge in [-0.1, -0.05) is 36.4 Å². The first-order valence-corrected chi connectivity index (χ1v) is 8.95. The van der Waals surface area contributed by atoms with E-state index in [1.807, 2.05) is 18.2 Å². The second kappa shape index (κ2) is 8.64. The number of benzene rings is 2. The molecular weight excluding hydrogens is 346 g/mol. The van der Waals surface area contributed by atoms with Gasteiger partial charge in [-0.2, -0.15) is 0 Å². The molecule has 7 heteroatoms. The summed E-state index contributed by atoms with van der Waals surface area (Å²) in [5, 5.41) is 14.1. The molecule has 27 heavy (non-hydrogen) atoms. The standard InChI is InChI=1S/C20H23N3O4/c1-15-7-8-19(18(11-15)23(25)26)27-14-20(24)21-17-9-10-22(13-17)12-16-5-3-2-4-6-16/h2-8,11,17H,9-10,12-14H2,1H3,(H,21,24). The Morgan fingerprint density at radius 1 is 1.30 bits per heavy atom. The first-order valence-electron chi connectivity index (χ1n) is 8.95. The molecule has 2 aromatic carbocycles. The number of nitro groups is 1. The maximum atomic E-state index is 12.2. The molecule has 142 valence electrons. The van der Waals surface area contributed by atoms with Crippen molar-refractivity contribution in [2.24, 2.45) is 0 Å². The maximum absolute atomic E-state index is 12.2. The Morgan fingerprint density at radius 3 is 2.81 bits per heavy atom. The van der Waals surface area contributed by atoms with Crippen LogP contribution in [0.25, 0.3) is 0 Å². The van der Waals surface area contributed by atoms with Gasteiger partial charge in [-0.25, -0.2) is 0 Å². The third-order valence-electron chi connectivity index (χ3n) is 4.56. The van der Waals surface area contributed by atoms with Gasteiger partial charge in [0.25, 0.3) is 5.91 Å². The molecule has 1 saturated heterocycles. The van der Waals surface area contributed by atoms with Crippen molar-refractivity contribution in [3.63, 3.8) is 0 Å². The average Bonchev–Trinajstić information content (AvgIpc) is 3.08. The van der Waals surface area contributed by atoms with Crippen LogP contribution in [0.15, 0.2) is 48.5 Å². The van der Waals surface area contributed by atoms with Crippen LogP contribution in [-0.4, -0.2) is 41.5 Å². The lowest BCUT2D eigenvalue weighted by Crippen LogP contribution is -2.39. The predicted octanol–water partition coefficient (Wildman–Crippen LogP) is 2.67. The van der Waals surface area contributed by atoms with Crippen molar-refractivity contribution in [1.29, 1.82) is 0 Å². The normalized spacial score (nSPS) is 16.9. The Kier molecular flexibility index (Phi) is 6.03. The van der Waals surface area contributed by atoms with Crippen molar-refractivity contribution >= 4 is 11.6 Å². The van der Waals surface area contributed by atoms with Gasteiger partial charge in [0.15, 0.2) is 12.4 Å². The molecule has 1 aliphatic rings. The molecule has 1 unspecified atom stereocenters. The van der Waals surface area contributed by atoms with Crippen molar-refractivity contribution in [2.75, 3.05) is 19.7 Å². The largest absolute Gasteiger partial charge is 0.477 e. The lowest BCUT2D eigenvalue weighted by atomic mass is 10.2. The fourth-order valence-electron chi connectivity index (χ4n) is 3.24. The Labute approximate surface area is 158 Å². The fraction of sp³-hybridized carbons (Fsp3) is 0.350. The molecule has 0 saturated carbocycles. The predicted molar refractivity (Wildman–Crippen MR) is 102 cm³/mol. The Hall–Kier alpha value is -2.93. The molecule has 2 aromatic rings. The molecule has 1 amide bonds. The number of hydrogen-bond donors (Lipinski definition) is 1. The van der Waals surface area contributed by atoms with E-state index in [4.69, 9.17) is 4.74 Å². The zero-order valence-corrected chi connectivity index (χ0v) is 15.3. The van der Waals surface area contributed by atoms with Crippen molar-refractivity contribution in [3.8, 4) is 5.75 Å². The molecule has 1 aliphatic heterocycles. The summed E-state index contributed by atoms with van der Waals surface area (Å²) in [5.74, 6) is -0.158. The lowest BCUT2D eigenvalue weighted by molar-refractivity contribution is -0.385. The number of carbonyl (C=O) groups is 1. The van der Waals surface area contributed by atoms with E-state index in [0.29, 0.717) is 0 Å². The van der Waals surface area contributed by atoms with E-state index in [0.717, 1.165) is 31.6 Å². The summed E-state index contributed by atoms with van der Waals surface area (Å²) in [6, 6.07) is 15.0. The van der Waals surface area contributed by atoms with Crippen LogP contribution in [0.4, 0.5) is 5.69 Å². The number of aryl methyl sites for hydroxylation is 1. The highest BCUT2D eigenvalue weighted by Gasteiger charge is 2.24. The SMILES string of the molecule is Cc1ccc(OCC(=O)NC2CCN(Cc3ccccc3)C2)c([N+](=O)[O-])c1. The monoisotopic (exact) mass is 369 g/mol. The van der Waals surface area contributed by atoms with Crippen LogP contribution in [-0.2, 0) is 11.3 Å². The molecule has 0 aromatic heterocycles. The molecule has 7 nitrogen and oxygen atoms in total. The number of amides is 1. The lowest BCUT2D eigenvalue weighted by Gasteiger charge is -2.17. The smallest absolute Gasteiger partial charge is 0.311 e. The zero-order valence-electron chi connectivity index (χ0n) is 15.3. The molecule has 1 heterocycles. The number of nitrogens with one attached hydrogen (secondary N) is 1. The van der Waals surface area contributed by atoms with E-state index in [-0.39, 0.29) is 30.0 Å². The minimum atomic E-state index is -0.501. The number of nitro benzene ring substituents is 1. The molecule has 0 bridgehead atoms. The number of hydrogen-bond acceptors (Lipinski definition) is 5. The van der Waals surface area contributed by atoms with Crippen LogP contribution >= 0.6 is 0 Å². The van der Waals surface area contributed by atoms with Gasteiger partial charge in [0.05, 0.1) is 4.92 Å². The molecule has 1 atom stereocenters. The molecule has 1 N–H and O–H groups in total. The molecule has 0 radical (unpaired) electrons. The van der Waals surface area contributed by atoms with E-state index in [2.05, 4.69) is 22.3 Å². The fourth-order valence-corrected chi connectivity index (χ4v) is 3.24. The highest BCUT2D eigenvalue weighted by molar-refractivity contribution is 5.78. The van der Waals surface area contributed by atoms with Crippen molar-refractivity contribution in [1.82, 2.24) is 10.2 Å². The van der Waals surface area contributed by atoms with Gasteiger partial charge in [0, 0.05) is 31.7 Å². The third kappa shape index (κ3) is 5.27. The average molecular weight is 369 g/mol. The first kappa shape index (κ1) is 18.8. The first-order chi connectivity index (χ1) is 13.0.